The van der Waals surface area contributed by atoms with E-state index in [1.165, 1.54) is 0 Å². The number of hydrogen-bond acceptors (Lipinski definition) is 8. The van der Waals surface area contributed by atoms with E-state index in [9.17, 15) is 5.11 Å². The van der Waals surface area contributed by atoms with Crippen molar-refractivity contribution in [2.24, 2.45) is 0 Å². The van der Waals surface area contributed by atoms with Gasteiger partial charge in [-0.3, -0.25) is 4.98 Å². The number of nitrogens with zero attached hydrogens (tertiary/aromatic N) is 3. The van der Waals surface area contributed by atoms with Crippen molar-refractivity contribution in [3.8, 4) is 17.2 Å². The minimum Gasteiger partial charge on any atom is -0.493 e. The number of aliphatic hydroxyl groups excluding tert-OH is 1. The molecule has 0 bridgehead atoms. The van der Waals surface area contributed by atoms with Gasteiger partial charge < -0.3 is 24.6 Å². The van der Waals surface area contributed by atoms with Crippen molar-refractivity contribution in [2.45, 2.75) is 45.8 Å². The number of pyridine rings is 1. The summed E-state index contributed by atoms with van der Waals surface area (Å²) < 4.78 is 16.6. The second kappa shape index (κ2) is 10.5. The summed E-state index contributed by atoms with van der Waals surface area (Å²) in [5.41, 5.74) is 0.605. The monoisotopic (exact) mass is 376 g/mol. The smallest absolute Gasteiger partial charge is 0.185 e. The largest absolute Gasteiger partial charge is 0.493 e. The van der Waals surface area contributed by atoms with Crippen LogP contribution in [0.5, 0.6) is 17.2 Å². The summed E-state index contributed by atoms with van der Waals surface area (Å²) in [6.45, 7) is 4.11. The van der Waals surface area contributed by atoms with E-state index in [0.717, 1.165) is 19.3 Å². The van der Waals surface area contributed by atoms with E-state index in [0.29, 0.717) is 34.6 Å². The van der Waals surface area contributed by atoms with Crippen LogP contribution in [-0.2, 0) is 6.61 Å². The Labute approximate surface area is 159 Å². The van der Waals surface area contributed by atoms with Crippen molar-refractivity contribution >= 4 is 5.82 Å². The standard InChI is InChI=1S/C19H28N4O4/c1-5-6-7-14(11-24)23-19-17(10-21-13(2)22-19)27-12-15-18(26-4)16(25-3)8-9-20-15/h8-10,14,24H,5-7,11-12H2,1-4H3,(H,21,22,23)/t14-/m0/s1. The SMILES string of the molecule is CCCC[C@@H](CO)Nc1nc(C)ncc1OCc1nccc(OC)c1OC. The van der Waals surface area contributed by atoms with Gasteiger partial charge in [0.1, 0.15) is 18.1 Å². The molecule has 0 aliphatic carbocycles. The lowest BCUT2D eigenvalue weighted by Crippen LogP contribution is -2.25. The predicted octanol–water partition coefficient (Wildman–Crippen LogP) is 2.74. The third-order valence-electron chi connectivity index (χ3n) is 4.07. The molecule has 1 atom stereocenters. The molecular weight excluding hydrogens is 348 g/mol. The highest BCUT2D eigenvalue weighted by molar-refractivity contribution is 5.50. The second-order valence-electron chi connectivity index (χ2n) is 6.08. The fraction of sp³-hybridized carbons (Fsp3) is 0.526. The Morgan fingerprint density at radius 1 is 1.19 bits per heavy atom. The number of aryl methyl sites for hydroxylation is 1. The summed E-state index contributed by atoms with van der Waals surface area (Å²) in [5.74, 6) is 2.78. The van der Waals surface area contributed by atoms with Crippen LogP contribution >= 0.6 is 0 Å². The minimum absolute atomic E-state index is 0.0216. The number of nitrogens with one attached hydrogen (secondary N) is 1. The molecule has 8 nitrogen and oxygen atoms in total. The first-order chi connectivity index (χ1) is 13.1. The molecule has 0 saturated heterocycles. The highest BCUT2D eigenvalue weighted by Gasteiger charge is 2.16. The number of rotatable bonds is 11. The van der Waals surface area contributed by atoms with E-state index >= 15 is 0 Å². The van der Waals surface area contributed by atoms with Gasteiger partial charge in [-0.2, -0.15) is 0 Å². The third-order valence-corrected chi connectivity index (χ3v) is 4.07. The maximum Gasteiger partial charge on any atom is 0.185 e. The Morgan fingerprint density at radius 2 is 2.00 bits per heavy atom. The van der Waals surface area contributed by atoms with Crippen LogP contribution in [0.25, 0.3) is 0 Å². The summed E-state index contributed by atoms with van der Waals surface area (Å²) in [6.07, 6.45) is 6.18. The van der Waals surface area contributed by atoms with E-state index in [4.69, 9.17) is 14.2 Å². The van der Waals surface area contributed by atoms with E-state index in [2.05, 4.69) is 27.2 Å². The molecule has 0 radical (unpaired) electrons. The Balaban J connectivity index is 2.17. The zero-order valence-corrected chi connectivity index (χ0v) is 16.4. The number of aromatic nitrogens is 3. The average molecular weight is 376 g/mol. The van der Waals surface area contributed by atoms with Crippen LogP contribution in [0.15, 0.2) is 18.5 Å². The topological polar surface area (TPSA) is 98.6 Å². The molecule has 2 aromatic heterocycles. The van der Waals surface area contributed by atoms with Gasteiger partial charge in [-0.05, 0) is 13.3 Å². The van der Waals surface area contributed by atoms with E-state index in [-0.39, 0.29) is 19.3 Å². The van der Waals surface area contributed by atoms with Gasteiger partial charge in [0.2, 0.25) is 0 Å². The Kier molecular flexibility index (Phi) is 8.06. The molecule has 2 heterocycles. The first kappa shape index (κ1) is 20.7. The number of unbranched alkanes of at least 4 members (excludes halogenated alkanes) is 1. The number of aliphatic hydroxyl groups is 1. The Bertz CT molecular complexity index is 727. The van der Waals surface area contributed by atoms with Crippen LogP contribution in [0.4, 0.5) is 5.82 Å². The summed E-state index contributed by atoms with van der Waals surface area (Å²) in [5, 5.41) is 12.9. The highest BCUT2D eigenvalue weighted by atomic mass is 16.5. The highest BCUT2D eigenvalue weighted by Crippen LogP contribution is 2.31. The van der Waals surface area contributed by atoms with Crippen LogP contribution in [-0.4, -0.2) is 46.9 Å². The molecule has 27 heavy (non-hydrogen) atoms. The fourth-order valence-corrected chi connectivity index (χ4v) is 2.62. The third kappa shape index (κ3) is 5.68. The maximum absolute atomic E-state index is 9.62. The molecule has 0 spiro atoms. The molecule has 0 aromatic carbocycles. The molecule has 2 N–H and O–H groups in total. The van der Waals surface area contributed by atoms with Gasteiger partial charge in [-0.25, -0.2) is 9.97 Å². The predicted molar refractivity (Wildman–Crippen MR) is 102 cm³/mol. The Hall–Kier alpha value is -2.61. The van der Waals surface area contributed by atoms with Gasteiger partial charge in [0, 0.05) is 12.3 Å². The molecular formula is C19H28N4O4. The van der Waals surface area contributed by atoms with Crippen LogP contribution in [0.2, 0.25) is 0 Å². The zero-order chi connectivity index (χ0) is 19.6. The van der Waals surface area contributed by atoms with E-state index in [1.807, 2.05) is 6.92 Å². The molecule has 0 aliphatic heterocycles. The van der Waals surface area contributed by atoms with Gasteiger partial charge in [0.15, 0.2) is 23.1 Å². The lowest BCUT2D eigenvalue weighted by molar-refractivity contribution is 0.264. The van der Waals surface area contributed by atoms with Crippen molar-refractivity contribution in [3.05, 3.63) is 30.0 Å². The summed E-state index contributed by atoms with van der Waals surface area (Å²) in [7, 11) is 3.13. The van der Waals surface area contributed by atoms with Crippen LogP contribution in [0.3, 0.4) is 0 Å². The molecule has 0 amide bonds. The van der Waals surface area contributed by atoms with Gasteiger partial charge in [0.25, 0.3) is 0 Å². The molecule has 148 valence electrons. The molecule has 0 saturated carbocycles. The van der Waals surface area contributed by atoms with Crippen molar-refractivity contribution < 1.29 is 19.3 Å². The molecule has 2 rings (SSSR count). The maximum atomic E-state index is 9.62. The molecule has 0 aliphatic rings. The van der Waals surface area contributed by atoms with Gasteiger partial charge in [-0.1, -0.05) is 19.8 Å². The van der Waals surface area contributed by atoms with Crippen molar-refractivity contribution in [3.63, 3.8) is 0 Å². The van der Waals surface area contributed by atoms with Gasteiger partial charge in [0.05, 0.1) is 33.1 Å². The van der Waals surface area contributed by atoms with E-state index in [1.54, 1.807) is 32.7 Å². The number of ether oxygens (including phenoxy) is 3. The van der Waals surface area contributed by atoms with Gasteiger partial charge in [-0.15, -0.1) is 0 Å². The molecule has 0 fully saturated rings. The average Bonchev–Trinajstić information content (AvgIpc) is 2.69. The van der Waals surface area contributed by atoms with Crippen molar-refractivity contribution in [1.29, 1.82) is 0 Å². The van der Waals surface area contributed by atoms with E-state index < -0.39 is 0 Å². The minimum atomic E-state index is -0.0916. The van der Waals surface area contributed by atoms with Gasteiger partial charge >= 0.3 is 0 Å². The number of hydrogen-bond donors (Lipinski definition) is 2. The summed E-state index contributed by atoms with van der Waals surface area (Å²) in [6, 6.07) is 1.63. The van der Waals surface area contributed by atoms with Crippen molar-refractivity contribution in [1.82, 2.24) is 15.0 Å². The number of methoxy groups -OCH3 is 2. The quantitative estimate of drug-likeness (QED) is 0.618. The number of anilines is 1. The molecule has 8 heteroatoms. The Morgan fingerprint density at radius 3 is 2.67 bits per heavy atom. The molecule has 2 aromatic rings. The fourth-order valence-electron chi connectivity index (χ4n) is 2.62. The zero-order valence-electron chi connectivity index (χ0n) is 16.4. The lowest BCUT2D eigenvalue weighted by atomic mass is 10.1. The normalized spacial score (nSPS) is 11.7. The van der Waals surface area contributed by atoms with Crippen LogP contribution in [0.1, 0.15) is 37.7 Å². The van der Waals surface area contributed by atoms with Crippen LogP contribution in [0, 0.1) is 6.92 Å². The van der Waals surface area contributed by atoms with Crippen molar-refractivity contribution in [2.75, 3.05) is 26.1 Å². The summed E-state index contributed by atoms with van der Waals surface area (Å²) in [4.78, 5) is 12.9. The summed E-state index contributed by atoms with van der Waals surface area (Å²) >= 11 is 0. The molecule has 0 unspecified atom stereocenters. The lowest BCUT2D eigenvalue weighted by Gasteiger charge is -2.19. The first-order valence-corrected chi connectivity index (χ1v) is 9.02. The second-order valence-corrected chi connectivity index (χ2v) is 6.08. The van der Waals surface area contributed by atoms with Crippen LogP contribution < -0.4 is 19.5 Å². The first-order valence-electron chi connectivity index (χ1n) is 9.02.